The molecule has 0 aromatic carbocycles. The van der Waals surface area contributed by atoms with Gasteiger partial charge in [0.2, 0.25) is 10.0 Å². The predicted octanol–water partition coefficient (Wildman–Crippen LogP) is 1.83. The number of hydrogen-bond acceptors (Lipinski definition) is 4. The van der Waals surface area contributed by atoms with Crippen LogP contribution in [0.15, 0.2) is 0 Å². The molecule has 0 aromatic rings. The van der Waals surface area contributed by atoms with Gasteiger partial charge in [-0.25, -0.2) is 13.1 Å². The van der Waals surface area contributed by atoms with Gasteiger partial charge in [-0.3, -0.25) is 4.79 Å². The highest BCUT2D eigenvalue weighted by atomic mass is 32.2. The van der Waals surface area contributed by atoms with Gasteiger partial charge in [0.1, 0.15) is 6.04 Å². The molecule has 1 aliphatic carbocycles. The molecule has 0 spiro atoms. The molecule has 0 aromatic heterocycles. The summed E-state index contributed by atoms with van der Waals surface area (Å²) in [6.45, 7) is 1.99. The number of carbonyl (C=O) groups excluding carboxylic acids is 1. The largest absolute Gasteiger partial charge is 0.465 e. The van der Waals surface area contributed by atoms with Crippen LogP contribution < -0.4 is 4.72 Å². The van der Waals surface area contributed by atoms with Crippen molar-refractivity contribution < 1.29 is 17.9 Å². The molecule has 0 unspecified atom stereocenters. The van der Waals surface area contributed by atoms with Crippen LogP contribution in [-0.4, -0.2) is 33.3 Å². The van der Waals surface area contributed by atoms with E-state index >= 15 is 0 Å². The highest BCUT2D eigenvalue weighted by Gasteiger charge is 2.25. The second kappa shape index (κ2) is 7.85. The monoisotopic (exact) mass is 291 g/mol. The van der Waals surface area contributed by atoms with Crippen LogP contribution in [0.25, 0.3) is 0 Å². The first-order valence-electron chi connectivity index (χ1n) is 7.06. The lowest BCUT2D eigenvalue weighted by Gasteiger charge is -2.23. The predicted molar refractivity (Wildman–Crippen MR) is 74.2 cm³/mol. The second-order valence-corrected chi connectivity index (χ2v) is 7.06. The molecular formula is C13H25NO4S. The quantitative estimate of drug-likeness (QED) is 0.726. The van der Waals surface area contributed by atoms with Crippen LogP contribution in [0.3, 0.4) is 0 Å². The highest BCUT2D eigenvalue weighted by Crippen LogP contribution is 2.27. The molecule has 1 aliphatic rings. The molecule has 0 amide bonds. The zero-order valence-corrected chi connectivity index (χ0v) is 12.7. The number of esters is 1. The summed E-state index contributed by atoms with van der Waals surface area (Å²) in [6, 6.07) is -0.739. The third-order valence-corrected chi connectivity index (χ3v) is 4.23. The summed E-state index contributed by atoms with van der Waals surface area (Å²) in [5.41, 5.74) is 0. The average molecular weight is 291 g/mol. The van der Waals surface area contributed by atoms with E-state index < -0.39 is 22.0 Å². The molecule has 112 valence electrons. The Kier molecular flexibility index (Phi) is 6.79. The van der Waals surface area contributed by atoms with Crippen molar-refractivity contribution in [2.24, 2.45) is 5.92 Å². The Balaban J connectivity index is 2.50. The molecule has 1 fully saturated rings. The maximum Gasteiger partial charge on any atom is 0.324 e. The van der Waals surface area contributed by atoms with Crippen LogP contribution in [0.5, 0.6) is 0 Å². The van der Waals surface area contributed by atoms with Crippen LogP contribution in [0.1, 0.15) is 51.9 Å². The van der Waals surface area contributed by atoms with Gasteiger partial charge in [-0.15, -0.1) is 0 Å². The molecule has 1 rings (SSSR count). The van der Waals surface area contributed by atoms with Gasteiger partial charge in [-0.1, -0.05) is 32.1 Å². The van der Waals surface area contributed by atoms with Crippen LogP contribution in [0.4, 0.5) is 0 Å². The number of ether oxygens (including phenoxy) is 1. The molecule has 1 atom stereocenters. The SMILES string of the molecule is CCOC(=O)[C@@H](CCC1CCCCC1)NS(C)(=O)=O. The normalized spacial score (nSPS) is 19.1. The lowest BCUT2D eigenvalue weighted by molar-refractivity contribution is -0.145. The smallest absolute Gasteiger partial charge is 0.324 e. The Hall–Kier alpha value is -0.620. The number of sulfonamides is 1. The zero-order valence-electron chi connectivity index (χ0n) is 11.9. The van der Waals surface area contributed by atoms with Gasteiger partial charge in [0.05, 0.1) is 12.9 Å². The molecule has 1 saturated carbocycles. The van der Waals surface area contributed by atoms with E-state index in [4.69, 9.17) is 4.74 Å². The first-order chi connectivity index (χ1) is 8.92. The Morgan fingerprint density at radius 1 is 1.32 bits per heavy atom. The molecule has 5 nitrogen and oxygen atoms in total. The Morgan fingerprint density at radius 2 is 1.95 bits per heavy atom. The molecule has 0 aliphatic heterocycles. The summed E-state index contributed by atoms with van der Waals surface area (Å²) in [7, 11) is -3.39. The lowest BCUT2D eigenvalue weighted by atomic mass is 9.85. The number of carbonyl (C=O) groups is 1. The molecule has 0 radical (unpaired) electrons. The van der Waals surface area contributed by atoms with Crippen molar-refractivity contribution in [1.82, 2.24) is 4.72 Å². The Morgan fingerprint density at radius 3 is 2.47 bits per heavy atom. The van der Waals surface area contributed by atoms with E-state index in [1.807, 2.05) is 0 Å². The maximum absolute atomic E-state index is 11.7. The maximum atomic E-state index is 11.7. The van der Waals surface area contributed by atoms with Crippen molar-refractivity contribution in [2.45, 2.75) is 57.9 Å². The van der Waals surface area contributed by atoms with E-state index in [1.54, 1.807) is 6.92 Å². The minimum absolute atomic E-state index is 0.268. The fourth-order valence-corrected chi connectivity index (χ4v) is 3.34. The topological polar surface area (TPSA) is 72.5 Å². The Labute approximate surface area is 116 Å². The fourth-order valence-electron chi connectivity index (χ4n) is 2.60. The number of nitrogens with one attached hydrogen (secondary N) is 1. The van der Waals surface area contributed by atoms with Crippen molar-refractivity contribution in [3.05, 3.63) is 0 Å². The van der Waals surface area contributed by atoms with E-state index in [9.17, 15) is 13.2 Å². The van der Waals surface area contributed by atoms with Crippen molar-refractivity contribution in [1.29, 1.82) is 0 Å². The summed E-state index contributed by atoms with van der Waals surface area (Å²) in [5, 5.41) is 0. The summed E-state index contributed by atoms with van der Waals surface area (Å²) >= 11 is 0. The van der Waals surface area contributed by atoms with E-state index in [-0.39, 0.29) is 6.61 Å². The van der Waals surface area contributed by atoms with E-state index in [2.05, 4.69) is 4.72 Å². The minimum Gasteiger partial charge on any atom is -0.465 e. The highest BCUT2D eigenvalue weighted by molar-refractivity contribution is 7.88. The van der Waals surface area contributed by atoms with Crippen LogP contribution >= 0.6 is 0 Å². The summed E-state index contributed by atoms with van der Waals surface area (Å²) in [4.78, 5) is 11.7. The van der Waals surface area contributed by atoms with Crippen LogP contribution in [-0.2, 0) is 19.6 Å². The zero-order chi connectivity index (χ0) is 14.3. The van der Waals surface area contributed by atoms with Gasteiger partial charge >= 0.3 is 5.97 Å². The molecule has 1 N–H and O–H groups in total. The van der Waals surface area contributed by atoms with Gasteiger partial charge in [0, 0.05) is 0 Å². The van der Waals surface area contributed by atoms with Crippen molar-refractivity contribution in [3.63, 3.8) is 0 Å². The third-order valence-electron chi connectivity index (χ3n) is 3.52. The van der Waals surface area contributed by atoms with Gasteiger partial charge in [0.25, 0.3) is 0 Å². The van der Waals surface area contributed by atoms with Crippen LogP contribution in [0.2, 0.25) is 0 Å². The summed E-state index contributed by atoms with van der Waals surface area (Å²) in [6.07, 6.45) is 8.63. The number of hydrogen-bond donors (Lipinski definition) is 1. The molecule has 19 heavy (non-hydrogen) atoms. The van der Waals surface area contributed by atoms with Crippen molar-refractivity contribution in [3.8, 4) is 0 Å². The van der Waals surface area contributed by atoms with E-state index in [0.29, 0.717) is 12.3 Å². The third kappa shape index (κ3) is 6.92. The standard InChI is InChI=1S/C13H25NO4S/c1-3-18-13(15)12(14-19(2,16)17)10-9-11-7-5-4-6-8-11/h11-12,14H,3-10H2,1-2H3/t12-/m1/s1. The molecule has 6 heteroatoms. The second-order valence-electron chi connectivity index (χ2n) is 5.28. The Bertz CT molecular complexity index is 374. The van der Waals surface area contributed by atoms with E-state index in [0.717, 1.165) is 12.7 Å². The first-order valence-corrected chi connectivity index (χ1v) is 8.95. The molecule has 0 saturated heterocycles. The summed E-state index contributed by atoms with van der Waals surface area (Å²) in [5.74, 6) is 0.149. The molecular weight excluding hydrogens is 266 g/mol. The number of rotatable bonds is 7. The summed E-state index contributed by atoms with van der Waals surface area (Å²) < 4.78 is 29.9. The van der Waals surface area contributed by atoms with Crippen molar-refractivity contribution in [2.75, 3.05) is 12.9 Å². The molecule has 0 heterocycles. The minimum atomic E-state index is -3.39. The van der Waals surface area contributed by atoms with Crippen LogP contribution in [0, 0.1) is 5.92 Å². The van der Waals surface area contributed by atoms with E-state index in [1.165, 1.54) is 32.1 Å². The van der Waals surface area contributed by atoms with Gasteiger partial charge in [-0.2, -0.15) is 0 Å². The first kappa shape index (κ1) is 16.4. The lowest BCUT2D eigenvalue weighted by Crippen LogP contribution is -2.41. The van der Waals surface area contributed by atoms with Gasteiger partial charge in [-0.05, 0) is 25.7 Å². The van der Waals surface area contributed by atoms with Gasteiger partial charge < -0.3 is 4.74 Å². The average Bonchev–Trinajstić information content (AvgIpc) is 2.34. The molecule has 0 bridgehead atoms. The fraction of sp³-hybridized carbons (Fsp3) is 0.923. The van der Waals surface area contributed by atoms with Gasteiger partial charge in [0.15, 0.2) is 0 Å². The van der Waals surface area contributed by atoms with Crippen molar-refractivity contribution >= 4 is 16.0 Å².